The lowest BCUT2D eigenvalue weighted by Gasteiger charge is -2.16. The predicted octanol–water partition coefficient (Wildman–Crippen LogP) is 5.79. The molecule has 3 aromatic carbocycles. The normalized spacial score (nSPS) is 11.5. The number of nitrogens with zero attached hydrogens (tertiary/aromatic N) is 1. The average molecular weight is 428 g/mol. The highest BCUT2D eigenvalue weighted by Crippen LogP contribution is 2.41. The summed E-state index contributed by atoms with van der Waals surface area (Å²) in [5.74, 6) is -1.02. The molecule has 0 saturated carbocycles. The Morgan fingerprint density at radius 2 is 1.71 bits per heavy atom. The minimum absolute atomic E-state index is 0.0119. The number of aromatic amines is 1. The number of carbonyl (C=O) groups is 1. The lowest BCUT2D eigenvalue weighted by molar-refractivity contribution is -0.138. The molecule has 0 fully saturated rings. The number of ether oxygens (including phenoxy) is 2. The van der Waals surface area contributed by atoms with E-state index < -0.39 is 23.5 Å². The van der Waals surface area contributed by atoms with Crippen molar-refractivity contribution in [1.29, 1.82) is 0 Å². The first-order valence-electron chi connectivity index (χ1n) is 9.09. The zero-order valence-corrected chi connectivity index (χ0v) is 15.8. The van der Waals surface area contributed by atoms with E-state index >= 15 is 0 Å². The first-order valence-corrected chi connectivity index (χ1v) is 9.09. The largest absolute Gasteiger partial charge is 0.481 e. The SMILES string of the molecule is O=C(O)Cc1cccc(Oc2ccc(Oc3ccc4[nH]ncc4c3)cc2C(F)(F)F)c1. The predicted molar refractivity (Wildman–Crippen MR) is 105 cm³/mol. The number of aliphatic carboxylic acids is 1. The van der Waals surface area contributed by atoms with E-state index in [1.54, 1.807) is 30.5 Å². The van der Waals surface area contributed by atoms with Crippen LogP contribution in [-0.2, 0) is 17.4 Å². The van der Waals surface area contributed by atoms with Crippen molar-refractivity contribution in [2.45, 2.75) is 12.6 Å². The number of halogens is 3. The zero-order valence-electron chi connectivity index (χ0n) is 15.8. The van der Waals surface area contributed by atoms with Crippen LogP contribution in [-0.4, -0.2) is 21.3 Å². The van der Waals surface area contributed by atoms with E-state index in [0.29, 0.717) is 11.3 Å². The van der Waals surface area contributed by atoms with Crippen LogP contribution >= 0.6 is 0 Å². The Morgan fingerprint density at radius 3 is 2.48 bits per heavy atom. The molecule has 1 aromatic heterocycles. The molecule has 158 valence electrons. The van der Waals surface area contributed by atoms with Crippen LogP contribution in [0.1, 0.15) is 11.1 Å². The number of rotatable bonds is 6. The van der Waals surface area contributed by atoms with Crippen molar-refractivity contribution in [3.63, 3.8) is 0 Å². The standard InChI is InChI=1S/C22H15F3N2O4/c23-22(24,25)18-11-17(30-16-4-6-19-14(10-16)12-26-27-19)5-7-20(18)31-15-3-1-2-13(8-15)9-21(28)29/h1-8,10-12H,9H2,(H,26,27)(H,28,29). The molecule has 0 aliphatic carbocycles. The second-order valence-electron chi connectivity index (χ2n) is 6.70. The minimum Gasteiger partial charge on any atom is -0.481 e. The third kappa shape index (κ3) is 4.77. The molecule has 9 heteroatoms. The van der Waals surface area contributed by atoms with Crippen molar-refractivity contribution in [3.8, 4) is 23.0 Å². The molecule has 1 heterocycles. The van der Waals surface area contributed by atoms with Gasteiger partial charge < -0.3 is 14.6 Å². The maximum atomic E-state index is 13.7. The summed E-state index contributed by atoms with van der Waals surface area (Å²) in [5, 5.41) is 16.3. The summed E-state index contributed by atoms with van der Waals surface area (Å²) in [6.07, 6.45) is -3.38. The lowest BCUT2D eigenvalue weighted by Crippen LogP contribution is -2.07. The van der Waals surface area contributed by atoms with Gasteiger partial charge in [0.1, 0.15) is 28.6 Å². The summed E-state index contributed by atoms with van der Waals surface area (Å²) in [6.45, 7) is 0. The number of benzene rings is 3. The molecule has 0 atom stereocenters. The molecule has 0 bridgehead atoms. The number of carboxylic acids is 1. The van der Waals surface area contributed by atoms with Crippen LogP contribution in [0.25, 0.3) is 10.9 Å². The maximum Gasteiger partial charge on any atom is 0.420 e. The lowest BCUT2D eigenvalue weighted by atomic mass is 10.1. The topological polar surface area (TPSA) is 84.4 Å². The molecule has 2 N–H and O–H groups in total. The highest BCUT2D eigenvalue weighted by molar-refractivity contribution is 5.79. The first kappa shape index (κ1) is 20.3. The quantitative estimate of drug-likeness (QED) is 0.406. The number of hydrogen-bond acceptors (Lipinski definition) is 4. The third-order valence-corrected chi connectivity index (χ3v) is 4.39. The van der Waals surface area contributed by atoms with Gasteiger partial charge in [0.2, 0.25) is 0 Å². The molecular weight excluding hydrogens is 413 g/mol. The van der Waals surface area contributed by atoms with E-state index in [1.165, 1.54) is 30.3 Å². The summed E-state index contributed by atoms with van der Waals surface area (Å²) in [6, 6.07) is 14.3. The average Bonchev–Trinajstić information content (AvgIpc) is 3.16. The molecule has 0 unspecified atom stereocenters. The minimum atomic E-state index is -4.69. The van der Waals surface area contributed by atoms with Gasteiger partial charge in [0.05, 0.1) is 18.1 Å². The number of aromatic nitrogens is 2. The van der Waals surface area contributed by atoms with E-state index in [0.717, 1.165) is 17.0 Å². The summed E-state index contributed by atoms with van der Waals surface area (Å²) < 4.78 is 52.0. The Morgan fingerprint density at radius 1 is 0.968 bits per heavy atom. The fraction of sp³-hybridized carbons (Fsp3) is 0.0909. The van der Waals surface area contributed by atoms with Gasteiger partial charge in [0, 0.05) is 5.39 Å². The molecule has 0 radical (unpaired) electrons. The number of carboxylic acid groups (broad SMARTS) is 1. The summed E-state index contributed by atoms with van der Waals surface area (Å²) >= 11 is 0. The van der Waals surface area contributed by atoms with Crippen LogP contribution < -0.4 is 9.47 Å². The third-order valence-electron chi connectivity index (χ3n) is 4.39. The molecule has 0 aliphatic heterocycles. The van der Waals surface area contributed by atoms with Crippen LogP contribution in [0, 0.1) is 0 Å². The van der Waals surface area contributed by atoms with Gasteiger partial charge in [-0.1, -0.05) is 12.1 Å². The smallest absolute Gasteiger partial charge is 0.420 e. The zero-order chi connectivity index (χ0) is 22.0. The Kier molecular flexibility index (Phi) is 5.24. The number of nitrogens with one attached hydrogen (secondary N) is 1. The Hall–Kier alpha value is -4.01. The highest BCUT2D eigenvalue weighted by atomic mass is 19.4. The van der Waals surface area contributed by atoms with E-state index in [9.17, 15) is 18.0 Å². The maximum absolute atomic E-state index is 13.7. The summed E-state index contributed by atoms with van der Waals surface area (Å²) in [4.78, 5) is 10.9. The van der Waals surface area contributed by atoms with Crippen molar-refractivity contribution in [2.75, 3.05) is 0 Å². The van der Waals surface area contributed by atoms with Gasteiger partial charge in [-0.05, 0) is 54.1 Å². The molecule has 4 rings (SSSR count). The van der Waals surface area contributed by atoms with E-state index in [4.69, 9.17) is 14.6 Å². The van der Waals surface area contributed by atoms with Gasteiger partial charge in [-0.2, -0.15) is 18.3 Å². The van der Waals surface area contributed by atoms with Crippen molar-refractivity contribution in [3.05, 3.63) is 78.0 Å². The Bertz CT molecular complexity index is 1250. The van der Waals surface area contributed by atoms with Crippen LogP contribution in [0.5, 0.6) is 23.0 Å². The van der Waals surface area contributed by atoms with Gasteiger partial charge in [0.15, 0.2) is 0 Å². The van der Waals surface area contributed by atoms with Crippen LogP contribution in [0.4, 0.5) is 13.2 Å². The molecule has 4 aromatic rings. The molecule has 31 heavy (non-hydrogen) atoms. The second-order valence-corrected chi connectivity index (χ2v) is 6.70. The second kappa shape index (κ2) is 8.02. The highest BCUT2D eigenvalue weighted by Gasteiger charge is 2.35. The van der Waals surface area contributed by atoms with Crippen molar-refractivity contribution in [1.82, 2.24) is 10.2 Å². The molecule has 6 nitrogen and oxygen atoms in total. The van der Waals surface area contributed by atoms with Crippen molar-refractivity contribution in [2.24, 2.45) is 0 Å². The summed E-state index contributed by atoms with van der Waals surface area (Å²) in [5.41, 5.74) is 0.170. The fourth-order valence-corrected chi connectivity index (χ4v) is 3.02. The molecule has 0 amide bonds. The van der Waals surface area contributed by atoms with Gasteiger partial charge in [-0.25, -0.2) is 0 Å². The Labute approximate surface area is 173 Å². The van der Waals surface area contributed by atoms with Crippen LogP contribution in [0.2, 0.25) is 0 Å². The van der Waals surface area contributed by atoms with E-state index in [1.807, 2.05) is 0 Å². The molecule has 0 spiro atoms. The first-order chi connectivity index (χ1) is 14.8. The number of H-pyrrole nitrogens is 1. The molecular formula is C22H15F3N2O4. The van der Waals surface area contributed by atoms with Gasteiger partial charge in [0.25, 0.3) is 0 Å². The van der Waals surface area contributed by atoms with Gasteiger partial charge >= 0.3 is 12.1 Å². The molecule has 0 saturated heterocycles. The van der Waals surface area contributed by atoms with Gasteiger partial charge in [-0.3, -0.25) is 9.89 Å². The number of hydrogen-bond donors (Lipinski definition) is 2. The fourth-order valence-electron chi connectivity index (χ4n) is 3.02. The number of alkyl halides is 3. The van der Waals surface area contributed by atoms with Crippen LogP contribution in [0.15, 0.2) is 66.9 Å². The van der Waals surface area contributed by atoms with Crippen molar-refractivity contribution < 1.29 is 32.5 Å². The van der Waals surface area contributed by atoms with E-state index in [-0.39, 0.29) is 17.9 Å². The van der Waals surface area contributed by atoms with Gasteiger partial charge in [-0.15, -0.1) is 0 Å². The van der Waals surface area contributed by atoms with E-state index in [2.05, 4.69) is 10.2 Å². The number of fused-ring (bicyclic) bond motifs is 1. The van der Waals surface area contributed by atoms with Crippen LogP contribution in [0.3, 0.4) is 0 Å². The summed E-state index contributed by atoms with van der Waals surface area (Å²) in [7, 11) is 0. The van der Waals surface area contributed by atoms with Crippen molar-refractivity contribution >= 4 is 16.9 Å². The molecule has 0 aliphatic rings. The Balaban J connectivity index is 1.62. The monoisotopic (exact) mass is 428 g/mol.